The van der Waals surface area contributed by atoms with E-state index in [0.29, 0.717) is 11.6 Å². The molecule has 1 saturated carbocycles. The Hall–Kier alpha value is -1.65. The Balaban J connectivity index is 2.06. The molecule has 1 heterocycles. The van der Waals surface area contributed by atoms with Crippen LogP contribution < -0.4 is 5.32 Å². The molecule has 1 aromatic heterocycles. The fraction of sp³-hybridized carbons (Fsp3) is 0.583. The molecule has 2 rings (SSSR count). The Morgan fingerprint density at radius 2 is 2.12 bits per heavy atom. The molecule has 0 aromatic carbocycles. The van der Waals surface area contributed by atoms with Crippen LogP contribution in [0.15, 0.2) is 12.3 Å². The molecule has 5 nitrogen and oxygen atoms in total. The van der Waals surface area contributed by atoms with Gasteiger partial charge in [-0.05, 0) is 25.8 Å². The quantitative estimate of drug-likeness (QED) is 0.645. The van der Waals surface area contributed by atoms with Crippen LogP contribution in [0.3, 0.4) is 0 Å². The van der Waals surface area contributed by atoms with E-state index in [9.17, 15) is 10.1 Å². The van der Waals surface area contributed by atoms with Crippen LogP contribution in [0.2, 0.25) is 0 Å². The molecule has 0 spiro atoms. The van der Waals surface area contributed by atoms with Crippen molar-refractivity contribution in [1.29, 1.82) is 0 Å². The van der Waals surface area contributed by atoms with Crippen molar-refractivity contribution in [3.05, 3.63) is 27.9 Å². The second-order valence-corrected chi connectivity index (χ2v) is 4.59. The Morgan fingerprint density at radius 3 is 2.71 bits per heavy atom. The van der Waals surface area contributed by atoms with Gasteiger partial charge in [0.15, 0.2) is 0 Å². The summed E-state index contributed by atoms with van der Waals surface area (Å²) in [5.74, 6) is 0.750. The molecule has 1 aromatic rings. The van der Waals surface area contributed by atoms with Crippen LogP contribution in [0, 0.1) is 17.0 Å². The zero-order valence-electron chi connectivity index (χ0n) is 9.98. The van der Waals surface area contributed by atoms with Crippen molar-refractivity contribution < 1.29 is 4.92 Å². The average Bonchev–Trinajstić information content (AvgIpc) is 2.30. The van der Waals surface area contributed by atoms with Crippen molar-refractivity contribution in [2.24, 2.45) is 0 Å². The Labute approximate surface area is 100 Å². The summed E-state index contributed by atoms with van der Waals surface area (Å²) in [4.78, 5) is 14.4. The zero-order valence-corrected chi connectivity index (χ0v) is 9.98. The second kappa shape index (κ2) is 5.12. The molecular formula is C12H17N3O2. The Morgan fingerprint density at radius 1 is 1.41 bits per heavy atom. The van der Waals surface area contributed by atoms with Crippen LogP contribution in [0.25, 0.3) is 0 Å². The normalized spacial score (nSPS) is 16.8. The van der Waals surface area contributed by atoms with E-state index in [1.165, 1.54) is 25.5 Å². The Kier molecular flexibility index (Phi) is 3.56. The molecule has 92 valence electrons. The highest BCUT2D eigenvalue weighted by molar-refractivity contribution is 5.47. The maximum absolute atomic E-state index is 10.7. The number of anilines is 1. The third kappa shape index (κ3) is 2.93. The monoisotopic (exact) mass is 235 g/mol. The fourth-order valence-corrected chi connectivity index (χ4v) is 2.27. The van der Waals surface area contributed by atoms with Crippen molar-refractivity contribution in [3.63, 3.8) is 0 Å². The van der Waals surface area contributed by atoms with Crippen LogP contribution in [-0.4, -0.2) is 15.9 Å². The summed E-state index contributed by atoms with van der Waals surface area (Å²) in [7, 11) is 0. The zero-order chi connectivity index (χ0) is 12.3. The van der Waals surface area contributed by atoms with E-state index < -0.39 is 4.92 Å². The summed E-state index contributed by atoms with van der Waals surface area (Å²) < 4.78 is 0. The van der Waals surface area contributed by atoms with E-state index in [-0.39, 0.29) is 5.69 Å². The summed E-state index contributed by atoms with van der Waals surface area (Å²) in [5.41, 5.74) is 0.738. The summed E-state index contributed by atoms with van der Waals surface area (Å²) in [6.45, 7) is 1.74. The number of nitro groups is 1. The summed E-state index contributed by atoms with van der Waals surface area (Å²) in [5, 5.41) is 14.0. The van der Waals surface area contributed by atoms with Gasteiger partial charge in [0.05, 0.1) is 4.92 Å². The smallest absolute Gasteiger partial charge is 0.290 e. The highest BCUT2D eigenvalue weighted by atomic mass is 16.6. The number of aryl methyl sites for hydroxylation is 1. The maximum atomic E-state index is 10.7. The SMILES string of the molecule is Cc1cc(NC2CCCCC2)ncc1[N+](=O)[O-]. The topological polar surface area (TPSA) is 68.1 Å². The lowest BCUT2D eigenvalue weighted by molar-refractivity contribution is -0.385. The third-order valence-corrected chi connectivity index (χ3v) is 3.24. The standard InChI is InChI=1S/C12H17N3O2/c1-9-7-12(13-8-11(9)15(16)17)14-10-5-3-2-4-6-10/h7-8,10H,2-6H2,1H3,(H,13,14). The van der Waals surface area contributed by atoms with E-state index in [1.807, 2.05) is 0 Å². The average molecular weight is 235 g/mol. The molecule has 1 aliphatic carbocycles. The lowest BCUT2D eigenvalue weighted by Crippen LogP contribution is -2.22. The highest BCUT2D eigenvalue weighted by Gasteiger charge is 2.15. The molecule has 0 unspecified atom stereocenters. The van der Waals surface area contributed by atoms with E-state index in [0.717, 1.165) is 18.7 Å². The molecule has 0 amide bonds. The first kappa shape index (κ1) is 11.8. The summed E-state index contributed by atoms with van der Waals surface area (Å²) in [6.07, 6.45) is 7.48. The third-order valence-electron chi connectivity index (χ3n) is 3.24. The van der Waals surface area contributed by atoms with Gasteiger partial charge in [-0.3, -0.25) is 10.1 Å². The van der Waals surface area contributed by atoms with Crippen molar-refractivity contribution in [3.8, 4) is 0 Å². The minimum atomic E-state index is -0.396. The number of rotatable bonds is 3. The van der Waals surface area contributed by atoms with Crippen LogP contribution >= 0.6 is 0 Å². The van der Waals surface area contributed by atoms with Gasteiger partial charge in [-0.2, -0.15) is 0 Å². The maximum Gasteiger partial charge on any atom is 0.290 e. The summed E-state index contributed by atoms with van der Waals surface area (Å²) >= 11 is 0. The van der Waals surface area contributed by atoms with E-state index in [2.05, 4.69) is 10.3 Å². The van der Waals surface area contributed by atoms with Gasteiger partial charge in [-0.15, -0.1) is 0 Å². The Bertz CT molecular complexity index is 414. The van der Waals surface area contributed by atoms with Crippen molar-refractivity contribution in [2.75, 3.05) is 5.32 Å². The number of hydrogen-bond donors (Lipinski definition) is 1. The van der Waals surface area contributed by atoms with Gasteiger partial charge in [0.2, 0.25) is 0 Å². The number of nitrogens with zero attached hydrogens (tertiary/aromatic N) is 2. The second-order valence-electron chi connectivity index (χ2n) is 4.59. The van der Waals surface area contributed by atoms with Crippen molar-refractivity contribution >= 4 is 11.5 Å². The number of nitrogens with one attached hydrogen (secondary N) is 1. The van der Waals surface area contributed by atoms with Crippen molar-refractivity contribution in [1.82, 2.24) is 4.98 Å². The molecule has 1 N–H and O–H groups in total. The van der Waals surface area contributed by atoms with E-state index >= 15 is 0 Å². The largest absolute Gasteiger partial charge is 0.367 e. The van der Waals surface area contributed by atoms with Crippen molar-refractivity contribution in [2.45, 2.75) is 45.1 Å². The van der Waals surface area contributed by atoms with Crippen LogP contribution in [0.5, 0.6) is 0 Å². The molecule has 0 bridgehead atoms. The molecule has 0 atom stereocenters. The van der Waals surface area contributed by atoms with Gasteiger partial charge in [-0.1, -0.05) is 19.3 Å². The molecule has 1 aliphatic rings. The van der Waals surface area contributed by atoms with Crippen LogP contribution in [0.1, 0.15) is 37.7 Å². The van der Waals surface area contributed by atoms with E-state index in [1.54, 1.807) is 13.0 Å². The predicted octanol–water partition coefficient (Wildman–Crippen LogP) is 3.04. The first-order valence-corrected chi connectivity index (χ1v) is 6.04. The highest BCUT2D eigenvalue weighted by Crippen LogP contribution is 2.23. The predicted molar refractivity (Wildman–Crippen MR) is 66.1 cm³/mol. The van der Waals surface area contributed by atoms with Crippen LogP contribution in [-0.2, 0) is 0 Å². The summed E-state index contributed by atoms with van der Waals surface area (Å²) in [6, 6.07) is 2.23. The first-order valence-electron chi connectivity index (χ1n) is 6.04. The van der Waals surface area contributed by atoms with Gasteiger partial charge in [0.25, 0.3) is 5.69 Å². The molecule has 1 fully saturated rings. The minimum absolute atomic E-state index is 0.0826. The number of pyridine rings is 1. The van der Waals surface area contributed by atoms with Gasteiger partial charge < -0.3 is 5.32 Å². The van der Waals surface area contributed by atoms with Gasteiger partial charge in [0, 0.05) is 11.6 Å². The van der Waals surface area contributed by atoms with Crippen LogP contribution in [0.4, 0.5) is 11.5 Å². The molecule has 0 saturated heterocycles. The molecule has 17 heavy (non-hydrogen) atoms. The van der Waals surface area contributed by atoms with Gasteiger partial charge >= 0.3 is 0 Å². The van der Waals surface area contributed by atoms with Gasteiger partial charge in [-0.25, -0.2) is 4.98 Å². The molecular weight excluding hydrogens is 218 g/mol. The molecule has 5 heteroatoms. The lowest BCUT2D eigenvalue weighted by Gasteiger charge is -2.23. The fourth-order valence-electron chi connectivity index (χ4n) is 2.27. The molecule has 0 radical (unpaired) electrons. The van der Waals surface area contributed by atoms with Gasteiger partial charge in [0.1, 0.15) is 12.0 Å². The first-order chi connectivity index (χ1) is 8.16. The number of aromatic nitrogens is 1. The number of hydrogen-bond acceptors (Lipinski definition) is 4. The molecule has 0 aliphatic heterocycles. The van der Waals surface area contributed by atoms with E-state index in [4.69, 9.17) is 0 Å². The minimum Gasteiger partial charge on any atom is -0.367 e. The lowest BCUT2D eigenvalue weighted by atomic mass is 9.95.